The summed E-state index contributed by atoms with van der Waals surface area (Å²) in [5.41, 5.74) is 6.86. The summed E-state index contributed by atoms with van der Waals surface area (Å²) in [6, 6.07) is 44.1. The Morgan fingerprint density at radius 1 is 0.548 bits per heavy atom. The maximum Gasteiger partial charge on any atom is 0.0934 e. The Kier molecular flexibility index (Phi) is 4.48. The molecule has 0 aliphatic heterocycles. The van der Waals surface area contributed by atoms with Crippen LogP contribution < -0.4 is 0 Å². The van der Waals surface area contributed by atoms with Crippen LogP contribution in [0.2, 0.25) is 0 Å². The molecular weight excluding hydrogens is 551 g/mol. The molecule has 5 aromatic heterocycles. The predicted molar refractivity (Wildman–Crippen MR) is 181 cm³/mol. The molecule has 0 fully saturated rings. The highest BCUT2D eigenvalue weighted by molar-refractivity contribution is 7.27. The lowest BCUT2D eigenvalue weighted by Crippen LogP contribution is -1.94. The van der Waals surface area contributed by atoms with Crippen LogP contribution in [0.1, 0.15) is 0 Å². The van der Waals surface area contributed by atoms with Crippen molar-refractivity contribution in [1.82, 2.24) is 14.2 Å². The maximum absolute atomic E-state index is 5.00. The van der Waals surface area contributed by atoms with E-state index in [-0.39, 0.29) is 0 Å². The fourth-order valence-electron chi connectivity index (χ4n) is 6.57. The van der Waals surface area contributed by atoms with Crippen molar-refractivity contribution in [2.24, 2.45) is 0 Å². The number of fused-ring (bicyclic) bond motifs is 10. The van der Waals surface area contributed by atoms with Crippen molar-refractivity contribution < 1.29 is 0 Å². The molecule has 0 aliphatic rings. The Morgan fingerprint density at radius 3 is 2.24 bits per heavy atom. The van der Waals surface area contributed by atoms with E-state index in [1.165, 1.54) is 62.2 Å². The number of rotatable bonds is 2. The monoisotopic (exact) mass is 571 g/mol. The van der Waals surface area contributed by atoms with Crippen molar-refractivity contribution in [2.45, 2.75) is 0 Å². The topological polar surface area (TPSA) is 22.2 Å². The number of thiophene rings is 2. The van der Waals surface area contributed by atoms with Crippen molar-refractivity contribution in [2.75, 3.05) is 0 Å². The first kappa shape index (κ1) is 22.7. The molecule has 3 nitrogen and oxygen atoms in total. The quantitative estimate of drug-likeness (QED) is 0.202. The molecule has 42 heavy (non-hydrogen) atoms. The van der Waals surface area contributed by atoms with Crippen molar-refractivity contribution >= 4 is 90.3 Å². The van der Waals surface area contributed by atoms with Gasteiger partial charge in [-0.3, -0.25) is 0 Å². The Morgan fingerprint density at radius 2 is 1.33 bits per heavy atom. The van der Waals surface area contributed by atoms with Crippen LogP contribution in [-0.2, 0) is 0 Å². The fraction of sp³-hybridized carbons (Fsp3) is 0. The average Bonchev–Trinajstić information content (AvgIpc) is 3.78. The number of hydrogen-bond acceptors (Lipinski definition) is 3. The molecule has 0 spiro atoms. The number of pyridine rings is 1. The summed E-state index contributed by atoms with van der Waals surface area (Å²) < 4.78 is 9.81. The van der Waals surface area contributed by atoms with Crippen LogP contribution in [0.4, 0.5) is 0 Å². The minimum absolute atomic E-state index is 0.973. The molecule has 5 heterocycles. The number of aromatic nitrogens is 3. The van der Waals surface area contributed by atoms with Gasteiger partial charge in [-0.15, -0.1) is 22.7 Å². The highest BCUT2D eigenvalue weighted by atomic mass is 32.1. The first-order valence-electron chi connectivity index (χ1n) is 14.0. The molecule has 5 aromatic carbocycles. The van der Waals surface area contributed by atoms with Crippen LogP contribution in [0.15, 0.2) is 128 Å². The third kappa shape index (κ3) is 3.12. The van der Waals surface area contributed by atoms with Gasteiger partial charge in [0.25, 0.3) is 0 Å². The second kappa shape index (κ2) is 8.29. The van der Waals surface area contributed by atoms with E-state index in [2.05, 4.69) is 132 Å². The van der Waals surface area contributed by atoms with Gasteiger partial charge in [-0.25, -0.2) is 4.52 Å². The van der Waals surface area contributed by atoms with Crippen molar-refractivity contribution in [3.05, 3.63) is 128 Å². The molecule has 10 aromatic rings. The predicted octanol–water partition coefficient (Wildman–Crippen LogP) is 10.8. The Balaban J connectivity index is 1.26. The summed E-state index contributed by atoms with van der Waals surface area (Å²) in [6.45, 7) is 0. The van der Waals surface area contributed by atoms with Crippen LogP contribution in [-0.4, -0.2) is 14.2 Å². The van der Waals surface area contributed by atoms with Gasteiger partial charge in [0.1, 0.15) is 0 Å². The zero-order valence-electron chi connectivity index (χ0n) is 22.3. The highest BCUT2D eigenvalue weighted by Gasteiger charge is 2.20. The smallest absolute Gasteiger partial charge is 0.0934 e. The molecule has 0 bridgehead atoms. The largest absolute Gasteiger partial charge is 0.308 e. The van der Waals surface area contributed by atoms with Crippen molar-refractivity contribution in [3.8, 4) is 16.9 Å². The second-order valence-corrected chi connectivity index (χ2v) is 13.1. The normalized spacial score (nSPS) is 12.3. The van der Waals surface area contributed by atoms with Gasteiger partial charge >= 0.3 is 0 Å². The lowest BCUT2D eigenvalue weighted by Gasteiger charge is -2.10. The van der Waals surface area contributed by atoms with E-state index in [0.29, 0.717) is 0 Å². The van der Waals surface area contributed by atoms with Crippen LogP contribution in [0.25, 0.3) is 84.6 Å². The summed E-state index contributed by atoms with van der Waals surface area (Å²) in [6.07, 6.45) is 2.12. The first-order valence-corrected chi connectivity index (χ1v) is 15.7. The molecule has 5 heteroatoms. The fourth-order valence-corrected chi connectivity index (χ4v) is 8.91. The van der Waals surface area contributed by atoms with Gasteiger partial charge in [0.2, 0.25) is 0 Å². The van der Waals surface area contributed by atoms with Crippen LogP contribution in [0.3, 0.4) is 0 Å². The molecule has 10 rings (SSSR count). The summed E-state index contributed by atoms with van der Waals surface area (Å²) in [7, 11) is 0. The molecule has 0 unspecified atom stereocenters. The number of hydrogen-bond donors (Lipinski definition) is 0. The summed E-state index contributed by atoms with van der Waals surface area (Å²) in [4.78, 5) is 0. The van der Waals surface area contributed by atoms with Gasteiger partial charge < -0.3 is 4.57 Å². The number of benzene rings is 5. The molecule has 0 radical (unpaired) electrons. The van der Waals surface area contributed by atoms with Gasteiger partial charge in [-0.1, -0.05) is 72.8 Å². The summed E-state index contributed by atoms with van der Waals surface area (Å²) in [5, 5.41) is 12.7. The molecule has 0 saturated heterocycles. The third-order valence-electron chi connectivity index (χ3n) is 8.50. The van der Waals surface area contributed by atoms with E-state index in [4.69, 9.17) is 5.10 Å². The first-order chi connectivity index (χ1) is 20.8. The minimum Gasteiger partial charge on any atom is -0.308 e. The summed E-state index contributed by atoms with van der Waals surface area (Å²) in [5.74, 6) is 0. The number of nitrogens with zero attached hydrogens (tertiary/aromatic N) is 3. The Labute approximate surface area is 248 Å². The van der Waals surface area contributed by atoms with Gasteiger partial charge in [-0.05, 0) is 53.9 Å². The van der Waals surface area contributed by atoms with Crippen LogP contribution in [0.5, 0.6) is 0 Å². The molecule has 0 saturated carbocycles. The van der Waals surface area contributed by atoms with Gasteiger partial charge in [0, 0.05) is 58.5 Å². The highest BCUT2D eigenvalue weighted by Crippen LogP contribution is 2.45. The lowest BCUT2D eigenvalue weighted by atomic mass is 10.1. The Bertz CT molecular complexity index is 2650. The zero-order valence-corrected chi connectivity index (χ0v) is 23.9. The molecular formula is C37H21N3S2. The maximum atomic E-state index is 5.00. The van der Waals surface area contributed by atoms with Crippen molar-refractivity contribution in [3.63, 3.8) is 0 Å². The van der Waals surface area contributed by atoms with E-state index in [1.807, 2.05) is 27.2 Å². The molecule has 0 aliphatic carbocycles. The van der Waals surface area contributed by atoms with E-state index >= 15 is 0 Å². The van der Waals surface area contributed by atoms with E-state index in [0.717, 1.165) is 22.5 Å². The molecule has 196 valence electrons. The second-order valence-electron chi connectivity index (χ2n) is 10.9. The molecule has 0 amide bonds. The average molecular weight is 572 g/mol. The SMILES string of the molecule is c1cc(-c2cc3cc4ccccc4cn3n2)cc(-n2c3cc4c(cc3c3sc5ccccc5c32)sc2ccccc24)c1. The van der Waals surface area contributed by atoms with Gasteiger partial charge in [0.15, 0.2) is 0 Å². The van der Waals surface area contributed by atoms with Crippen LogP contribution >= 0.6 is 22.7 Å². The van der Waals surface area contributed by atoms with E-state index in [1.54, 1.807) is 0 Å². The zero-order chi connectivity index (χ0) is 27.4. The lowest BCUT2D eigenvalue weighted by molar-refractivity contribution is 0.974. The van der Waals surface area contributed by atoms with Crippen LogP contribution in [0, 0.1) is 0 Å². The van der Waals surface area contributed by atoms with E-state index in [9.17, 15) is 0 Å². The van der Waals surface area contributed by atoms with E-state index < -0.39 is 0 Å². The summed E-state index contributed by atoms with van der Waals surface area (Å²) >= 11 is 3.78. The molecule has 0 N–H and O–H groups in total. The van der Waals surface area contributed by atoms with Crippen molar-refractivity contribution in [1.29, 1.82) is 0 Å². The minimum atomic E-state index is 0.973. The van der Waals surface area contributed by atoms with Gasteiger partial charge in [0.05, 0.1) is 26.9 Å². The van der Waals surface area contributed by atoms with Gasteiger partial charge in [-0.2, -0.15) is 5.10 Å². The Hall–Kier alpha value is -4.97. The standard InChI is InChI=1S/C37H21N3S2/c1-2-9-24-21-39-26(16-22(24)8-1)18-31(38-39)23-10-7-11-25(17-23)40-32-19-29-27-12-3-5-14-33(27)41-35(29)20-30(32)37-36(40)28-13-4-6-15-34(28)42-37/h1-21H. The third-order valence-corrected chi connectivity index (χ3v) is 10.8. The molecule has 0 atom stereocenters.